The van der Waals surface area contributed by atoms with Gasteiger partial charge < -0.3 is 5.32 Å². The molecule has 1 N–H and O–H groups in total. The molecule has 0 aliphatic rings. The largest absolute Gasteiger partial charge is 0.326 e. The van der Waals surface area contributed by atoms with Gasteiger partial charge in [-0.15, -0.1) is 11.6 Å². The summed E-state index contributed by atoms with van der Waals surface area (Å²) >= 11 is 5.70. The lowest BCUT2D eigenvalue weighted by molar-refractivity contribution is -0.115. The molecule has 0 aliphatic heterocycles. The van der Waals surface area contributed by atoms with E-state index in [0.717, 1.165) is 16.8 Å². The van der Waals surface area contributed by atoms with Gasteiger partial charge in [-0.3, -0.25) is 4.79 Å². The molecule has 2 aromatic carbocycles. The van der Waals surface area contributed by atoms with E-state index in [1.165, 1.54) is 0 Å². The lowest BCUT2D eigenvalue weighted by atomic mass is 10.1. The van der Waals surface area contributed by atoms with Crippen LogP contribution in [0.25, 0.3) is 0 Å². The average Bonchev–Trinajstić information content (AvgIpc) is 2.40. The summed E-state index contributed by atoms with van der Waals surface area (Å²) in [4.78, 5) is 11.8. The zero-order chi connectivity index (χ0) is 12.8. The van der Waals surface area contributed by atoms with Crippen LogP contribution in [0.2, 0.25) is 0 Å². The first-order chi connectivity index (χ1) is 8.78. The van der Waals surface area contributed by atoms with Crippen LogP contribution in [0.15, 0.2) is 54.6 Å². The van der Waals surface area contributed by atoms with E-state index in [1.807, 2.05) is 54.6 Å². The number of carbonyl (C=O) groups is 1. The van der Waals surface area contributed by atoms with Crippen LogP contribution in [0.5, 0.6) is 0 Å². The zero-order valence-electron chi connectivity index (χ0n) is 9.90. The highest BCUT2D eigenvalue weighted by Crippen LogP contribution is 2.11. The molecule has 0 atom stereocenters. The SMILES string of the molecule is O=C(Cc1ccccc1)Nc1ccc(CCl)cc1. The van der Waals surface area contributed by atoms with Crippen molar-refractivity contribution >= 4 is 23.2 Å². The predicted molar refractivity (Wildman–Crippen MR) is 74.8 cm³/mol. The van der Waals surface area contributed by atoms with E-state index in [4.69, 9.17) is 11.6 Å². The second-order valence-electron chi connectivity index (χ2n) is 4.04. The molecule has 0 unspecified atom stereocenters. The summed E-state index contributed by atoms with van der Waals surface area (Å²) in [5.41, 5.74) is 2.84. The van der Waals surface area contributed by atoms with Crippen molar-refractivity contribution in [2.45, 2.75) is 12.3 Å². The van der Waals surface area contributed by atoms with Gasteiger partial charge in [0.2, 0.25) is 5.91 Å². The lowest BCUT2D eigenvalue weighted by Gasteiger charge is -2.05. The first-order valence-corrected chi connectivity index (χ1v) is 6.30. The molecule has 3 heteroatoms. The van der Waals surface area contributed by atoms with Crippen molar-refractivity contribution in [3.05, 3.63) is 65.7 Å². The molecule has 0 radical (unpaired) electrons. The maximum absolute atomic E-state index is 11.8. The third-order valence-electron chi connectivity index (χ3n) is 2.60. The summed E-state index contributed by atoms with van der Waals surface area (Å²) in [6.07, 6.45) is 0.387. The molecule has 18 heavy (non-hydrogen) atoms. The Labute approximate surface area is 112 Å². The molecule has 0 aromatic heterocycles. The molecule has 0 heterocycles. The van der Waals surface area contributed by atoms with Crippen molar-refractivity contribution in [1.82, 2.24) is 0 Å². The van der Waals surface area contributed by atoms with E-state index in [1.54, 1.807) is 0 Å². The predicted octanol–water partition coefficient (Wildman–Crippen LogP) is 3.61. The summed E-state index contributed by atoms with van der Waals surface area (Å²) in [5.74, 6) is 0.470. The molecule has 1 amide bonds. The molecule has 0 spiro atoms. The van der Waals surface area contributed by atoms with Gasteiger partial charge in [-0.05, 0) is 23.3 Å². The van der Waals surface area contributed by atoms with Crippen LogP contribution in [-0.2, 0) is 17.1 Å². The number of hydrogen-bond acceptors (Lipinski definition) is 1. The van der Waals surface area contributed by atoms with Crippen LogP contribution in [-0.4, -0.2) is 5.91 Å². The summed E-state index contributed by atoms with van der Waals surface area (Å²) in [6, 6.07) is 17.2. The van der Waals surface area contributed by atoms with Crippen LogP contribution < -0.4 is 5.32 Å². The van der Waals surface area contributed by atoms with Gasteiger partial charge in [0.15, 0.2) is 0 Å². The van der Waals surface area contributed by atoms with E-state index in [0.29, 0.717) is 12.3 Å². The molecule has 2 aromatic rings. The number of halogens is 1. The zero-order valence-corrected chi connectivity index (χ0v) is 10.7. The van der Waals surface area contributed by atoms with Gasteiger partial charge in [0.25, 0.3) is 0 Å². The molecule has 0 bridgehead atoms. The number of anilines is 1. The van der Waals surface area contributed by atoms with Crippen LogP contribution in [0.3, 0.4) is 0 Å². The van der Waals surface area contributed by atoms with Crippen LogP contribution >= 0.6 is 11.6 Å². The second-order valence-corrected chi connectivity index (χ2v) is 4.31. The van der Waals surface area contributed by atoms with Crippen molar-refractivity contribution in [1.29, 1.82) is 0 Å². The third kappa shape index (κ3) is 3.60. The van der Waals surface area contributed by atoms with Crippen molar-refractivity contribution in [2.24, 2.45) is 0 Å². The molecule has 0 saturated heterocycles. The summed E-state index contributed by atoms with van der Waals surface area (Å²) < 4.78 is 0. The molecule has 0 fully saturated rings. The molecular weight excluding hydrogens is 246 g/mol. The van der Waals surface area contributed by atoms with Crippen molar-refractivity contribution in [3.63, 3.8) is 0 Å². The lowest BCUT2D eigenvalue weighted by Crippen LogP contribution is -2.14. The maximum Gasteiger partial charge on any atom is 0.228 e. The van der Waals surface area contributed by atoms with Gasteiger partial charge in [-0.25, -0.2) is 0 Å². The number of alkyl halides is 1. The third-order valence-corrected chi connectivity index (χ3v) is 2.91. The average molecular weight is 260 g/mol. The molecular formula is C15H14ClNO. The number of hydrogen-bond donors (Lipinski definition) is 1. The molecule has 2 nitrogen and oxygen atoms in total. The Balaban J connectivity index is 1.94. The highest BCUT2D eigenvalue weighted by atomic mass is 35.5. The molecule has 0 aliphatic carbocycles. The van der Waals surface area contributed by atoms with Gasteiger partial charge in [0.05, 0.1) is 6.42 Å². The Kier molecular flexibility index (Phi) is 4.37. The minimum atomic E-state index is -0.0141. The van der Waals surface area contributed by atoms with E-state index < -0.39 is 0 Å². The minimum Gasteiger partial charge on any atom is -0.326 e. The standard InChI is InChI=1S/C15H14ClNO/c16-11-13-6-8-14(9-7-13)17-15(18)10-12-4-2-1-3-5-12/h1-9H,10-11H2,(H,17,18). The highest BCUT2D eigenvalue weighted by molar-refractivity contribution is 6.17. The first-order valence-electron chi connectivity index (χ1n) is 5.76. The molecule has 0 saturated carbocycles. The van der Waals surface area contributed by atoms with Gasteiger partial charge in [0.1, 0.15) is 0 Å². The first kappa shape index (κ1) is 12.7. The molecule has 2 rings (SSSR count). The number of amides is 1. The smallest absolute Gasteiger partial charge is 0.228 e. The minimum absolute atomic E-state index is 0.0141. The monoisotopic (exact) mass is 259 g/mol. The Morgan fingerprint density at radius 1 is 0.944 bits per heavy atom. The van der Waals surface area contributed by atoms with Crippen LogP contribution in [0.4, 0.5) is 5.69 Å². The maximum atomic E-state index is 11.8. The quantitative estimate of drug-likeness (QED) is 0.835. The van der Waals surface area contributed by atoms with Crippen LogP contribution in [0, 0.1) is 0 Å². The van der Waals surface area contributed by atoms with Gasteiger partial charge >= 0.3 is 0 Å². The fraction of sp³-hybridized carbons (Fsp3) is 0.133. The summed E-state index contributed by atoms with van der Waals surface area (Å²) in [6.45, 7) is 0. The summed E-state index contributed by atoms with van der Waals surface area (Å²) in [7, 11) is 0. The van der Waals surface area contributed by atoms with E-state index in [9.17, 15) is 4.79 Å². The van der Waals surface area contributed by atoms with Crippen LogP contribution in [0.1, 0.15) is 11.1 Å². The Bertz CT molecular complexity index is 508. The van der Waals surface area contributed by atoms with E-state index in [-0.39, 0.29) is 5.91 Å². The number of rotatable bonds is 4. The topological polar surface area (TPSA) is 29.1 Å². The number of benzene rings is 2. The molecule has 92 valence electrons. The Morgan fingerprint density at radius 2 is 1.61 bits per heavy atom. The van der Waals surface area contributed by atoms with Gasteiger partial charge in [-0.2, -0.15) is 0 Å². The summed E-state index contributed by atoms with van der Waals surface area (Å²) in [5, 5.41) is 2.86. The fourth-order valence-electron chi connectivity index (χ4n) is 1.66. The highest BCUT2D eigenvalue weighted by Gasteiger charge is 2.03. The Morgan fingerprint density at radius 3 is 2.22 bits per heavy atom. The van der Waals surface area contributed by atoms with Crippen molar-refractivity contribution in [2.75, 3.05) is 5.32 Å². The normalized spacial score (nSPS) is 10.1. The van der Waals surface area contributed by atoms with Crippen molar-refractivity contribution in [3.8, 4) is 0 Å². The van der Waals surface area contributed by atoms with E-state index >= 15 is 0 Å². The van der Waals surface area contributed by atoms with Gasteiger partial charge in [0, 0.05) is 11.6 Å². The number of carbonyl (C=O) groups excluding carboxylic acids is 1. The van der Waals surface area contributed by atoms with Crippen molar-refractivity contribution < 1.29 is 4.79 Å². The van der Waals surface area contributed by atoms with Gasteiger partial charge in [-0.1, -0.05) is 42.5 Å². The second kappa shape index (κ2) is 6.22. The number of nitrogens with one attached hydrogen (secondary N) is 1. The van der Waals surface area contributed by atoms with E-state index in [2.05, 4.69) is 5.32 Å². The Hall–Kier alpha value is -1.80. The fourth-order valence-corrected chi connectivity index (χ4v) is 1.84.